The van der Waals surface area contributed by atoms with Crippen molar-refractivity contribution in [2.75, 3.05) is 19.5 Å². The fourth-order valence-electron chi connectivity index (χ4n) is 1.58. The molecule has 7 heteroatoms. The molecule has 0 saturated carbocycles. The number of rotatable bonds is 3. The number of ether oxygens (including phenoxy) is 1. The van der Waals surface area contributed by atoms with Gasteiger partial charge in [-0.1, -0.05) is 0 Å². The minimum atomic E-state index is -0.563. The number of likely N-dealkylation sites (tertiary alicyclic amines) is 1. The molecule has 1 aromatic rings. The number of nitrogens with one attached hydrogen (secondary N) is 1. The molecule has 1 unspecified atom stereocenters. The molecule has 0 spiro atoms. The van der Waals surface area contributed by atoms with Gasteiger partial charge in [-0.3, -0.25) is 14.5 Å². The SMILES string of the molecule is COc1cc(NC2CC(=O)N(C)C2=O)ncn1. The Labute approximate surface area is 97.8 Å². The lowest BCUT2D eigenvalue weighted by molar-refractivity contribution is -0.136. The summed E-state index contributed by atoms with van der Waals surface area (Å²) in [6.45, 7) is 0. The highest BCUT2D eigenvalue weighted by Crippen LogP contribution is 2.17. The number of amides is 2. The summed E-state index contributed by atoms with van der Waals surface area (Å²) in [5, 5.41) is 2.88. The van der Waals surface area contributed by atoms with E-state index in [0.717, 1.165) is 4.90 Å². The van der Waals surface area contributed by atoms with Crippen LogP contribution in [0.5, 0.6) is 5.88 Å². The van der Waals surface area contributed by atoms with Gasteiger partial charge in [0.25, 0.3) is 5.91 Å². The summed E-state index contributed by atoms with van der Waals surface area (Å²) < 4.78 is 4.94. The number of anilines is 1. The summed E-state index contributed by atoms with van der Waals surface area (Å²) in [5.74, 6) is 0.395. The van der Waals surface area contributed by atoms with Crippen LogP contribution in [-0.2, 0) is 9.59 Å². The van der Waals surface area contributed by atoms with Crippen molar-refractivity contribution in [2.45, 2.75) is 12.5 Å². The number of imide groups is 1. The summed E-state index contributed by atoms with van der Waals surface area (Å²) >= 11 is 0. The van der Waals surface area contributed by atoms with Gasteiger partial charge in [0, 0.05) is 13.1 Å². The van der Waals surface area contributed by atoms with E-state index in [4.69, 9.17) is 4.74 Å². The molecule has 0 bridgehead atoms. The number of aromatic nitrogens is 2. The van der Waals surface area contributed by atoms with E-state index in [1.165, 1.54) is 20.5 Å². The van der Waals surface area contributed by atoms with Gasteiger partial charge >= 0.3 is 0 Å². The quantitative estimate of drug-likeness (QED) is 0.722. The van der Waals surface area contributed by atoms with Crippen molar-refractivity contribution in [3.8, 4) is 5.88 Å². The van der Waals surface area contributed by atoms with Crippen LogP contribution in [0.15, 0.2) is 12.4 Å². The average molecular weight is 236 g/mol. The zero-order valence-corrected chi connectivity index (χ0v) is 9.51. The van der Waals surface area contributed by atoms with Gasteiger partial charge in [0.1, 0.15) is 18.2 Å². The summed E-state index contributed by atoms with van der Waals surface area (Å²) in [6, 6.07) is 1.00. The Balaban J connectivity index is 2.11. The molecular weight excluding hydrogens is 224 g/mol. The second-order valence-electron chi connectivity index (χ2n) is 3.64. The Morgan fingerprint density at radius 3 is 2.82 bits per heavy atom. The fourth-order valence-corrected chi connectivity index (χ4v) is 1.58. The maximum atomic E-state index is 11.6. The van der Waals surface area contributed by atoms with E-state index in [0.29, 0.717) is 11.7 Å². The number of nitrogens with zero attached hydrogens (tertiary/aromatic N) is 3. The molecule has 1 aliphatic rings. The van der Waals surface area contributed by atoms with E-state index in [-0.39, 0.29) is 18.2 Å². The van der Waals surface area contributed by atoms with E-state index < -0.39 is 6.04 Å². The van der Waals surface area contributed by atoms with Crippen LogP contribution < -0.4 is 10.1 Å². The van der Waals surface area contributed by atoms with Crippen LogP contribution in [0.1, 0.15) is 6.42 Å². The molecule has 2 heterocycles. The van der Waals surface area contributed by atoms with Gasteiger partial charge in [0.15, 0.2) is 0 Å². The number of carbonyl (C=O) groups is 2. The first-order valence-corrected chi connectivity index (χ1v) is 5.05. The van der Waals surface area contributed by atoms with Crippen LogP contribution in [0.4, 0.5) is 5.82 Å². The highest BCUT2D eigenvalue weighted by Gasteiger charge is 2.36. The summed E-state index contributed by atoms with van der Waals surface area (Å²) in [5.41, 5.74) is 0. The Kier molecular flexibility index (Phi) is 2.90. The number of hydrogen-bond acceptors (Lipinski definition) is 6. The van der Waals surface area contributed by atoms with Crippen LogP contribution in [0, 0.1) is 0 Å². The van der Waals surface area contributed by atoms with Gasteiger partial charge in [-0.25, -0.2) is 9.97 Å². The fraction of sp³-hybridized carbons (Fsp3) is 0.400. The molecule has 0 aromatic carbocycles. The molecule has 1 aromatic heterocycles. The van der Waals surface area contributed by atoms with Gasteiger partial charge in [-0.05, 0) is 0 Å². The Hall–Kier alpha value is -2.18. The molecule has 7 nitrogen and oxygen atoms in total. The van der Waals surface area contributed by atoms with Crippen molar-refractivity contribution in [3.63, 3.8) is 0 Å². The second-order valence-corrected chi connectivity index (χ2v) is 3.64. The standard InChI is InChI=1S/C10H12N4O3/c1-14-9(15)3-6(10(14)16)13-7-4-8(17-2)12-5-11-7/h4-6H,3H2,1-2H3,(H,11,12,13). The summed E-state index contributed by atoms with van der Waals surface area (Å²) in [6.07, 6.45) is 1.47. The molecule has 1 aliphatic heterocycles. The first kappa shape index (κ1) is 11.3. The predicted molar refractivity (Wildman–Crippen MR) is 58.4 cm³/mol. The van der Waals surface area contributed by atoms with Crippen LogP contribution in [0.2, 0.25) is 0 Å². The molecule has 1 N–H and O–H groups in total. The zero-order valence-electron chi connectivity index (χ0n) is 9.51. The molecular formula is C10H12N4O3. The summed E-state index contributed by atoms with van der Waals surface area (Å²) in [4.78, 5) is 31.9. The molecule has 1 saturated heterocycles. The van der Waals surface area contributed by atoms with E-state index in [9.17, 15) is 9.59 Å². The normalized spacial score (nSPS) is 19.6. The topological polar surface area (TPSA) is 84.4 Å². The van der Waals surface area contributed by atoms with Crippen LogP contribution in [0.25, 0.3) is 0 Å². The zero-order chi connectivity index (χ0) is 12.4. The van der Waals surface area contributed by atoms with Crippen molar-refractivity contribution in [1.82, 2.24) is 14.9 Å². The molecule has 2 amide bonds. The highest BCUT2D eigenvalue weighted by atomic mass is 16.5. The van der Waals surface area contributed by atoms with Gasteiger partial charge < -0.3 is 10.1 Å². The minimum absolute atomic E-state index is 0.141. The van der Waals surface area contributed by atoms with Crippen molar-refractivity contribution >= 4 is 17.6 Å². The van der Waals surface area contributed by atoms with Gasteiger partial charge in [0.05, 0.1) is 13.5 Å². The minimum Gasteiger partial charge on any atom is -0.481 e. The van der Waals surface area contributed by atoms with Crippen LogP contribution >= 0.6 is 0 Å². The summed E-state index contributed by atoms with van der Waals surface area (Å²) in [7, 11) is 2.96. The third kappa shape index (κ3) is 2.17. The highest BCUT2D eigenvalue weighted by molar-refractivity contribution is 6.06. The van der Waals surface area contributed by atoms with Crippen molar-refractivity contribution in [1.29, 1.82) is 0 Å². The molecule has 0 aliphatic carbocycles. The molecule has 17 heavy (non-hydrogen) atoms. The Morgan fingerprint density at radius 2 is 2.24 bits per heavy atom. The van der Waals surface area contributed by atoms with Gasteiger partial charge in [-0.15, -0.1) is 0 Å². The Bertz CT molecular complexity index is 463. The largest absolute Gasteiger partial charge is 0.481 e. The maximum absolute atomic E-state index is 11.6. The first-order valence-electron chi connectivity index (χ1n) is 5.05. The third-order valence-electron chi connectivity index (χ3n) is 2.55. The molecule has 0 radical (unpaired) electrons. The van der Waals surface area contributed by atoms with Gasteiger partial charge in [-0.2, -0.15) is 0 Å². The van der Waals surface area contributed by atoms with Gasteiger partial charge in [0.2, 0.25) is 11.8 Å². The first-order chi connectivity index (χ1) is 8.11. The lowest BCUT2D eigenvalue weighted by Gasteiger charge is -2.11. The lowest BCUT2D eigenvalue weighted by Crippen LogP contribution is -2.32. The third-order valence-corrected chi connectivity index (χ3v) is 2.55. The van der Waals surface area contributed by atoms with Crippen LogP contribution in [0.3, 0.4) is 0 Å². The predicted octanol–water partition coefficient (Wildman–Crippen LogP) is -0.346. The molecule has 2 rings (SSSR count). The van der Waals surface area contributed by atoms with E-state index in [1.54, 1.807) is 6.07 Å². The molecule has 1 atom stereocenters. The van der Waals surface area contributed by atoms with Crippen molar-refractivity contribution in [2.24, 2.45) is 0 Å². The molecule has 90 valence electrons. The number of methoxy groups -OCH3 is 1. The second kappa shape index (κ2) is 4.36. The Morgan fingerprint density at radius 1 is 1.47 bits per heavy atom. The molecule has 1 fully saturated rings. The van der Waals surface area contributed by atoms with E-state index in [1.807, 2.05) is 0 Å². The van der Waals surface area contributed by atoms with Crippen molar-refractivity contribution in [3.05, 3.63) is 12.4 Å². The number of hydrogen-bond donors (Lipinski definition) is 1. The van der Waals surface area contributed by atoms with Crippen LogP contribution in [-0.4, -0.2) is 46.9 Å². The average Bonchev–Trinajstić information content (AvgIpc) is 2.57. The van der Waals surface area contributed by atoms with E-state index in [2.05, 4.69) is 15.3 Å². The lowest BCUT2D eigenvalue weighted by atomic mass is 10.2. The monoisotopic (exact) mass is 236 g/mol. The van der Waals surface area contributed by atoms with E-state index >= 15 is 0 Å². The van der Waals surface area contributed by atoms with Crippen molar-refractivity contribution < 1.29 is 14.3 Å². The smallest absolute Gasteiger partial charge is 0.251 e. The maximum Gasteiger partial charge on any atom is 0.251 e. The number of likely N-dealkylation sites (N-methyl/N-ethyl adjacent to an activating group) is 1. The number of carbonyl (C=O) groups excluding carboxylic acids is 2.